The number of ether oxygens (including phenoxy) is 2. The first-order valence-corrected chi connectivity index (χ1v) is 7.05. The lowest BCUT2D eigenvalue weighted by Gasteiger charge is -1.97. The van der Waals surface area contributed by atoms with Crippen molar-refractivity contribution in [1.29, 1.82) is 0 Å². The summed E-state index contributed by atoms with van der Waals surface area (Å²) in [5, 5.41) is 24.7. The number of hydrogen-bond donors (Lipinski definition) is 1. The van der Waals surface area contributed by atoms with E-state index in [2.05, 4.69) is 36.3 Å². The van der Waals surface area contributed by atoms with Crippen LogP contribution in [-0.4, -0.2) is 32.1 Å². The summed E-state index contributed by atoms with van der Waals surface area (Å²) < 4.78 is 16.2. The van der Waals surface area contributed by atoms with E-state index in [0.29, 0.717) is 17.1 Å². The van der Waals surface area contributed by atoms with Crippen LogP contribution in [0.25, 0.3) is 23.0 Å². The van der Waals surface area contributed by atoms with Gasteiger partial charge in [0, 0.05) is 5.56 Å². The van der Waals surface area contributed by atoms with Crippen LogP contribution in [0.2, 0.25) is 0 Å². The zero-order chi connectivity index (χ0) is 16.0. The van der Waals surface area contributed by atoms with Gasteiger partial charge in [-0.15, -0.1) is 15.3 Å². The molecule has 0 unspecified atom stereocenters. The van der Waals surface area contributed by atoms with Crippen molar-refractivity contribution < 1.29 is 18.8 Å². The summed E-state index contributed by atoms with van der Waals surface area (Å²) in [6, 6.07) is 5.19. The number of H-pyrrole nitrogens is 1. The number of aromatic amines is 1. The molecule has 0 fully saturated rings. The van der Waals surface area contributed by atoms with Crippen molar-refractivity contribution in [2.75, 3.05) is 6.79 Å². The van der Waals surface area contributed by atoms with Crippen LogP contribution in [0.15, 0.2) is 27.1 Å². The Balaban J connectivity index is 1.71. The fourth-order valence-corrected chi connectivity index (χ4v) is 2.54. The maximum Gasteiger partial charge on any atom is 0.357 e. The highest BCUT2D eigenvalue weighted by atomic mass is 79.9. The smallest absolute Gasteiger partial charge is 0.357 e. The van der Waals surface area contributed by atoms with E-state index in [1.807, 2.05) is 0 Å². The molecular weight excluding hydrogens is 374 g/mol. The fourth-order valence-electron chi connectivity index (χ4n) is 2.05. The molecule has 116 valence electrons. The summed E-state index contributed by atoms with van der Waals surface area (Å²) in [6.45, 7) is 0.164. The fraction of sp³-hybridized carbons (Fsp3) is 0.0833. The number of rotatable bonds is 3. The quantitative estimate of drug-likeness (QED) is 0.542. The molecule has 0 saturated heterocycles. The molecule has 23 heavy (non-hydrogen) atoms. The summed E-state index contributed by atoms with van der Waals surface area (Å²) in [6.07, 6.45) is 0. The number of halogens is 1. The third kappa shape index (κ3) is 2.21. The highest BCUT2D eigenvalue weighted by Crippen LogP contribution is 2.37. The summed E-state index contributed by atoms with van der Waals surface area (Å²) in [4.78, 5) is 10.2. The van der Waals surface area contributed by atoms with E-state index in [4.69, 9.17) is 13.9 Å². The highest BCUT2D eigenvalue weighted by Gasteiger charge is 2.25. The molecule has 1 aromatic carbocycles. The van der Waals surface area contributed by atoms with Gasteiger partial charge < -0.3 is 24.0 Å². The zero-order valence-electron chi connectivity index (χ0n) is 11.1. The Bertz CT molecular complexity index is 920. The Morgan fingerprint density at radius 3 is 2.78 bits per heavy atom. The molecule has 3 heterocycles. The first-order chi connectivity index (χ1) is 11.1. The minimum Gasteiger partial charge on any atom is -0.454 e. The van der Waals surface area contributed by atoms with Gasteiger partial charge in [-0.2, -0.15) is 0 Å². The lowest BCUT2D eigenvalue weighted by atomic mass is 10.2. The first kappa shape index (κ1) is 13.7. The van der Waals surface area contributed by atoms with Gasteiger partial charge in [0.15, 0.2) is 17.2 Å². The van der Waals surface area contributed by atoms with Crippen LogP contribution >= 0.6 is 15.9 Å². The van der Waals surface area contributed by atoms with Crippen LogP contribution in [0.3, 0.4) is 0 Å². The molecule has 1 N–H and O–H groups in total. The predicted molar refractivity (Wildman–Crippen MR) is 77.8 cm³/mol. The standard InChI is InChI=1S/C12H6BrN5O5/c13-8-9(14-15-10(8)18(19)20)12-17-16-11(23-12)5-1-2-6-7(3-5)22-4-21-6/h1-3H,4H2,(H,14,15). The van der Waals surface area contributed by atoms with E-state index in [1.165, 1.54) is 0 Å². The Hall–Kier alpha value is -2.95. The van der Waals surface area contributed by atoms with Gasteiger partial charge in [0.1, 0.15) is 4.47 Å². The SMILES string of the molecule is O=[N+]([O-])c1[nH]nc(-c2nnc(-c3ccc4c(c3)OCO4)o2)c1Br. The van der Waals surface area contributed by atoms with Gasteiger partial charge in [0.25, 0.3) is 5.89 Å². The van der Waals surface area contributed by atoms with Crippen molar-refractivity contribution in [2.45, 2.75) is 0 Å². The molecule has 10 nitrogen and oxygen atoms in total. The molecule has 0 atom stereocenters. The van der Waals surface area contributed by atoms with Crippen LogP contribution < -0.4 is 9.47 Å². The normalized spacial score (nSPS) is 12.6. The molecular formula is C12H6BrN5O5. The van der Waals surface area contributed by atoms with Gasteiger partial charge in [-0.05, 0) is 39.1 Å². The third-order valence-electron chi connectivity index (χ3n) is 3.12. The molecule has 0 bridgehead atoms. The van der Waals surface area contributed by atoms with Crippen molar-refractivity contribution in [3.8, 4) is 34.5 Å². The van der Waals surface area contributed by atoms with Gasteiger partial charge in [0.05, 0.1) is 0 Å². The van der Waals surface area contributed by atoms with E-state index in [9.17, 15) is 10.1 Å². The maximum absolute atomic E-state index is 10.8. The summed E-state index contributed by atoms with van der Waals surface area (Å²) >= 11 is 3.09. The van der Waals surface area contributed by atoms with Crippen LogP contribution in [-0.2, 0) is 0 Å². The van der Waals surface area contributed by atoms with E-state index in [-0.39, 0.29) is 34.6 Å². The number of fused-ring (bicyclic) bond motifs is 1. The van der Waals surface area contributed by atoms with E-state index in [1.54, 1.807) is 18.2 Å². The predicted octanol–water partition coefficient (Wildman–Crippen LogP) is 2.53. The van der Waals surface area contributed by atoms with Gasteiger partial charge in [0.2, 0.25) is 12.7 Å². The second-order valence-corrected chi connectivity index (χ2v) is 5.27. The Morgan fingerprint density at radius 2 is 2.00 bits per heavy atom. The molecule has 1 aliphatic rings. The molecule has 0 saturated carbocycles. The summed E-state index contributed by atoms with van der Waals surface area (Å²) in [5.74, 6) is 1.21. The van der Waals surface area contributed by atoms with Crippen LogP contribution in [0.4, 0.5) is 5.82 Å². The van der Waals surface area contributed by atoms with Gasteiger partial charge >= 0.3 is 5.82 Å². The monoisotopic (exact) mass is 379 g/mol. The van der Waals surface area contributed by atoms with Crippen LogP contribution in [0.1, 0.15) is 0 Å². The highest BCUT2D eigenvalue weighted by molar-refractivity contribution is 9.10. The average Bonchev–Trinajstić information content (AvgIpc) is 3.24. The van der Waals surface area contributed by atoms with Crippen LogP contribution in [0.5, 0.6) is 11.5 Å². The lowest BCUT2D eigenvalue weighted by molar-refractivity contribution is -0.390. The summed E-state index contributed by atoms with van der Waals surface area (Å²) in [5.41, 5.74) is 0.797. The van der Waals surface area contributed by atoms with Crippen molar-refractivity contribution in [3.63, 3.8) is 0 Å². The average molecular weight is 380 g/mol. The number of nitro groups is 1. The number of nitrogens with one attached hydrogen (secondary N) is 1. The molecule has 2 aromatic heterocycles. The summed E-state index contributed by atoms with van der Waals surface area (Å²) in [7, 11) is 0. The molecule has 0 aliphatic carbocycles. The molecule has 0 radical (unpaired) electrons. The number of aromatic nitrogens is 4. The largest absolute Gasteiger partial charge is 0.454 e. The second-order valence-electron chi connectivity index (χ2n) is 4.47. The molecule has 11 heteroatoms. The lowest BCUT2D eigenvalue weighted by Crippen LogP contribution is -1.92. The minimum absolute atomic E-state index is 0.0499. The van der Waals surface area contributed by atoms with E-state index in [0.717, 1.165) is 0 Å². The molecule has 3 aromatic rings. The third-order valence-corrected chi connectivity index (χ3v) is 3.87. The van der Waals surface area contributed by atoms with Crippen molar-refractivity contribution in [1.82, 2.24) is 20.4 Å². The number of benzene rings is 1. The Labute approximate surface area is 135 Å². The van der Waals surface area contributed by atoms with E-state index >= 15 is 0 Å². The first-order valence-electron chi connectivity index (χ1n) is 6.25. The topological polar surface area (TPSA) is 129 Å². The van der Waals surface area contributed by atoms with Crippen molar-refractivity contribution >= 4 is 21.7 Å². The van der Waals surface area contributed by atoms with E-state index < -0.39 is 4.92 Å². The van der Waals surface area contributed by atoms with Crippen molar-refractivity contribution in [2.24, 2.45) is 0 Å². The van der Waals surface area contributed by atoms with Crippen molar-refractivity contribution in [3.05, 3.63) is 32.8 Å². The molecule has 1 aliphatic heterocycles. The molecule has 4 rings (SSSR count). The Morgan fingerprint density at radius 1 is 1.22 bits per heavy atom. The van der Waals surface area contributed by atoms with Gasteiger partial charge in [-0.25, -0.2) is 0 Å². The Kier molecular flexibility index (Phi) is 3.01. The maximum atomic E-state index is 10.8. The molecule has 0 spiro atoms. The number of nitrogens with zero attached hydrogens (tertiary/aromatic N) is 4. The number of hydrogen-bond acceptors (Lipinski definition) is 8. The van der Waals surface area contributed by atoms with Gasteiger partial charge in [-0.3, -0.25) is 0 Å². The zero-order valence-corrected chi connectivity index (χ0v) is 12.7. The molecule has 0 amide bonds. The van der Waals surface area contributed by atoms with Crippen LogP contribution in [0, 0.1) is 10.1 Å². The minimum atomic E-state index is -0.601. The van der Waals surface area contributed by atoms with Gasteiger partial charge in [-0.1, -0.05) is 5.10 Å². The second kappa shape index (κ2) is 5.05.